The zero-order valence-corrected chi connectivity index (χ0v) is 19.9. The minimum Gasteiger partial charge on any atom is -0.497 e. The lowest BCUT2D eigenvalue weighted by Crippen LogP contribution is -2.21. The van der Waals surface area contributed by atoms with Crippen molar-refractivity contribution in [1.82, 2.24) is 24.6 Å². The van der Waals surface area contributed by atoms with Crippen molar-refractivity contribution >= 4 is 40.0 Å². The SMILES string of the molecule is C=CCn1c(SCC(=O)Nc2nc(C)c(C(=O)N(C)C)s2)nnc1-c1ccc(OC)cc1. The lowest BCUT2D eigenvalue weighted by Gasteiger charge is -2.08. The van der Waals surface area contributed by atoms with Crippen LogP contribution < -0.4 is 10.1 Å². The number of carbonyl (C=O) groups excluding carboxylic acids is 2. The number of nitrogens with zero attached hydrogens (tertiary/aromatic N) is 5. The average Bonchev–Trinajstić information content (AvgIpc) is 3.34. The second kappa shape index (κ2) is 10.4. The molecular formula is C21H24N6O3S2. The van der Waals surface area contributed by atoms with E-state index in [0.29, 0.717) is 33.2 Å². The number of carbonyl (C=O) groups is 2. The van der Waals surface area contributed by atoms with E-state index in [9.17, 15) is 9.59 Å². The number of ether oxygens (including phenoxy) is 1. The van der Waals surface area contributed by atoms with Crippen molar-refractivity contribution in [3.8, 4) is 17.1 Å². The molecule has 2 heterocycles. The first-order valence-electron chi connectivity index (χ1n) is 9.64. The molecule has 1 N–H and O–H groups in total. The van der Waals surface area contributed by atoms with Crippen LogP contribution in [0.1, 0.15) is 15.4 Å². The number of amides is 2. The molecule has 3 aromatic rings. The Labute approximate surface area is 194 Å². The smallest absolute Gasteiger partial charge is 0.265 e. The van der Waals surface area contributed by atoms with E-state index in [1.54, 1.807) is 34.2 Å². The summed E-state index contributed by atoms with van der Waals surface area (Å²) in [6, 6.07) is 7.52. The second-order valence-electron chi connectivity index (χ2n) is 6.90. The number of nitrogens with one attached hydrogen (secondary N) is 1. The summed E-state index contributed by atoms with van der Waals surface area (Å²) in [5, 5.41) is 12.3. The normalized spacial score (nSPS) is 10.6. The van der Waals surface area contributed by atoms with Crippen LogP contribution in [0, 0.1) is 6.92 Å². The van der Waals surface area contributed by atoms with Crippen molar-refractivity contribution in [3.63, 3.8) is 0 Å². The molecule has 3 rings (SSSR count). The first kappa shape index (κ1) is 23.5. The van der Waals surface area contributed by atoms with Crippen LogP contribution in [0.3, 0.4) is 0 Å². The third-order valence-electron chi connectivity index (χ3n) is 4.35. The monoisotopic (exact) mass is 472 g/mol. The van der Waals surface area contributed by atoms with Gasteiger partial charge in [-0.1, -0.05) is 29.2 Å². The van der Waals surface area contributed by atoms with Crippen molar-refractivity contribution in [2.75, 3.05) is 32.3 Å². The number of hydrogen-bond acceptors (Lipinski definition) is 8. The van der Waals surface area contributed by atoms with Crippen molar-refractivity contribution in [2.45, 2.75) is 18.6 Å². The minimum atomic E-state index is -0.244. The molecule has 0 radical (unpaired) electrons. The summed E-state index contributed by atoms with van der Waals surface area (Å²) in [6.45, 7) is 6.05. The van der Waals surface area contributed by atoms with Gasteiger partial charge in [-0.25, -0.2) is 4.98 Å². The van der Waals surface area contributed by atoms with Crippen LogP contribution in [0.25, 0.3) is 11.4 Å². The molecule has 11 heteroatoms. The van der Waals surface area contributed by atoms with Gasteiger partial charge < -0.3 is 15.0 Å². The summed E-state index contributed by atoms with van der Waals surface area (Å²) in [5.74, 6) is 1.17. The highest BCUT2D eigenvalue weighted by Gasteiger charge is 2.19. The summed E-state index contributed by atoms with van der Waals surface area (Å²) >= 11 is 2.43. The van der Waals surface area contributed by atoms with Crippen LogP contribution in [0.2, 0.25) is 0 Å². The number of benzene rings is 1. The Kier molecular flexibility index (Phi) is 7.65. The summed E-state index contributed by atoms with van der Waals surface area (Å²) in [4.78, 5) is 30.9. The van der Waals surface area contributed by atoms with Crippen molar-refractivity contribution < 1.29 is 14.3 Å². The third kappa shape index (κ3) is 5.35. The number of hydrogen-bond donors (Lipinski definition) is 1. The van der Waals surface area contributed by atoms with Gasteiger partial charge >= 0.3 is 0 Å². The molecule has 0 bridgehead atoms. The molecule has 0 aliphatic rings. The maximum atomic E-state index is 12.5. The molecule has 0 fully saturated rings. The van der Waals surface area contributed by atoms with Gasteiger partial charge in [-0.2, -0.15) is 0 Å². The van der Waals surface area contributed by atoms with Gasteiger partial charge in [0.2, 0.25) is 5.91 Å². The quantitative estimate of drug-likeness (QED) is 0.376. The Balaban J connectivity index is 1.69. The molecule has 2 aromatic heterocycles. The molecule has 168 valence electrons. The number of thioether (sulfide) groups is 1. The molecule has 0 aliphatic heterocycles. The zero-order valence-electron chi connectivity index (χ0n) is 18.3. The lowest BCUT2D eigenvalue weighted by atomic mass is 10.2. The van der Waals surface area contributed by atoms with Gasteiger partial charge in [0.05, 0.1) is 18.6 Å². The van der Waals surface area contributed by atoms with E-state index in [0.717, 1.165) is 22.6 Å². The molecule has 0 atom stereocenters. The number of thiazole rings is 1. The maximum absolute atomic E-state index is 12.5. The van der Waals surface area contributed by atoms with E-state index in [1.807, 2.05) is 28.8 Å². The van der Waals surface area contributed by atoms with E-state index in [-0.39, 0.29) is 17.6 Å². The molecule has 32 heavy (non-hydrogen) atoms. The summed E-state index contributed by atoms with van der Waals surface area (Å²) < 4.78 is 7.10. The third-order valence-corrected chi connectivity index (χ3v) is 6.38. The van der Waals surface area contributed by atoms with Crippen molar-refractivity contribution in [2.24, 2.45) is 0 Å². The molecular weight excluding hydrogens is 448 g/mol. The number of anilines is 1. The highest BCUT2D eigenvalue weighted by Crippen LogP contribution is 2.27. The van der Waals surface area contributed by atoms with E-state index in [1.165, 1.54) is 16.7 Å². The molecule has 0 unspecified atom stereocenters. The predicted octanol–water partition coefficient (Wildman–Crippen LogP) is 3.34. The first-order valence-corrected chi connectivity index (χ1v) is 11.4. The number of aromatic nitrogens is 4. The maximum Gasteiger partial charge on any atom is 0.265 e. The van der Waals surface area contributed by atoms with E-state index >= 15 is 0 Å². The van der Waals surface area contributed by atoms with Crippen molar-refractivity contribution in [1.29, 1.82) is 0 Å². The Morgan fingerprint density at radius 2 is 2.00 bits per heavy atom. The molecule has 0 saturated carbocycles. The van der Waals surface area contributed by atoms with Crippen LogP contribution in [0.4, 0.5) is 5.13 Å². The fourth-order valence-electron chi connectivity index (χ4n) is 2.78. The standard InChI is InChI=1S/C21H24N6O3S2/c1-6-11-27-18(14-7-9-15(30-5)10-8-14)24-25-21(27)31-12-16(28)23-20-22-13(2)17(32-20)19(29)26(3)4/h6-10H,1,11-12H2,2-5H3,(H,22,23,28). The van der Waals surface area contributed by atoms with Crippen LogP contribution >= 0.6 is 23.1 Å². The zero-order chi connectivity index (χ0) is 23.3. The molecule has 1 aromatic carbocycles. The predicted molar refractivity (Wildman–Crippen MR) is 126 cm³/mol. The number of methoxy groups -OCH3 is 1. The highest BCUT2D eigenvalue weighted by molar-refractivity contribution is 7.99. The summed E-state index contributed by atoms with van der Waals surface area (Å²) in [7, 11) is 4.97. The second-order valence-corrected chi connectivity index (χ2v) is 8.85. The molecule has 2 amide bonds. The molecule has 0 spiro atoms. The summed E-state index contributed by atoms with van der Waals surface area (Å²) in [5.41, 5.74) is 1.47. The van der Waals surface area contributed by atoms with Crippen molar-refractivity contribution in [3.05, 3.63) is 47.5 Å². The lowest BCUT2D eigenvalue weighted by molar-refractivity contribution is -0.113. The fraction of sp³-hybridized carbons (Fsp3) is 0.286. The van der Waals surface area contributed by atoms with E-state index < -0.39 is 0 Å². The highest BCUT2D eigenvalue weighted by atomic mass is 32.2. The molecule has 0 saturated heterocycles. The molecule has 0 aliphatic carbocycles. The Morgan fingerprint density at radius 3 is 2.62 bits per heavy atom. The number of aryl methyl sites for hydroxylation is 1. The first-order chi connectivity index (χ1) is 15.3. The fourth-order valence-corrected chi connectivity index (χ4v) is 4.53. The Hall–Kier alpha value is -3.18. The van der Waals surface area contributed by atoms with Gasteiger partial charge in [0.25, 0.3) is 5.91 Å². The van der Waals surface area contributed by atoms with Gasteiger partial charge in [0, 0.05) is 26.2 Å². The topological polar surface area (TPSA) is 102 Å². The van der Waals surface area contributed by atoms with Crippen LogP contribution in [0.15, 0.2) is 42.1 Å². The van der Waals surface area contributed by atoms with Crippen LogP contribution in [-0.4, -0.2) is 63.4 Å². The van der Waals surface area contributed by atoms with E-state index in [2.05, 4.69) is 27.1 Å². The van der Waals surface area contributed by atoms with Crippen LogP contribution in [0.5, 0.6) is 5.75 Å². The number of rotatable bonds is 9. The van der Waals surface area contributed by atoms with E-state index in [4.69, 9.17) is 4.74 Å². The summed E-state index contributed by atoms with van der Waals surface area (Å²) in [6.07, 6.45) is 1.75. The molecule has 9 nitrogen and oxygen atoms in total. The van der Waals surface area contributed by atoms with Gasteiger partial charge in [-0.15, -0.1) is 16.8 Å². The van der Waals surface area contributed by atoms with Gasteiger partial charge in [0.1, 0.15) is 10.6 Å². The minimum absolute atomic E-state index is 0.119. The largest absolute Gasteiger partial charge is 0.497 e. The van der Waals surface area contributed by atoms with Gasteiger partial charge in [-0.05, 0) is 31.2 Å². The Bertz CT molecular complexity index is 1120. The average molecular weight is 473 g/mol. The Morgan fingerprint density at radius 1 is 1.28 bits per heavy atom. The van der Waals surface area contributed by atoms with Crippen LogP contribution in [-0.2, 0) is 11.3 Å². The number of allylic oxidation sites excluding steroid dienone is 1. The van der Waals surface area contributed by atoms with Gasteiger partial charge in [-0.3, -0.25) is 14.2 Å². The van der Waals surface area contributed by atoms with Gasteiger partial charge in [0.15, 0.2) is 16.1 Å².